The number of aromatic nitrogens is 3. The molecule has 1 saturated heterocycles. The van der Waals surface area contributed by atoms with Crippen LogP contribution in [0, 0.1) is 13.8 Å². The van der Waals surface area contributed by atoms with Gasteiger partial charge in [0.05, 0.1) is 5.56 Å². The number of nitrogens with zero attached hydrogens (tertiary/aromatic N) is 5. The summed E-state index contributed by atoms with van der Waals surface area (Å²) in [5, 5.41) is 10.6. The molecule has 1 amide bonds. The molecule has 1 N–H and O–H groups in total. The van der Waals surface area contributed by atoms with Crippen molar-refractivity contribution < 1.29 is 9.21 Å². The number of piperazine rings is 1. The van der Waals surface area contributed by atoms with Crippen LogP contribution in [0.15, 0.2) is 47.1 Å². The van der Waals surface area contributed by atoms with Crippen molar-refractivity contribution in [3.8, 4) is 11.5 Å². The smallest absolute Gasteiger partial charge is 0.308 e. The molecule has 0 unspecified atom stereocenters. The fourth-order valence-corrected chi connectivity index (χ4v) is 3.87. The van der Waals surface area contributed by atoms with Crippen LogP contribution in [0.25, 0.3) is 11.5 Å². The summed E-state index contributed by atoms with van der Waals surface area (Å²) < 4.78 is 5.46. The van der Waals surface area contributed by atoms with E-state index < -0.39 is 0 Å². The molecule has 0 aliphatic carbocycles. The number of amides is 1. The number of benzene rings is 1. The van der Waals surface area contributed by atoms with Crippen LogP contribution in [0.4, 0.5) is 5.69 Å². The Morgan fingerprint density at radius 1 is 1.13 bits per heavy atom. The quantitative estimate of drug-likeness (QED) is 0.588. The first-order valence-corrected chi connectivity index (χ1v) is 10.7. The van der Waals surface area contributed by atoms with Crippen molar-refractivity contribution in [3.05, 3.63) is 59.7 Å². The molecule has 2 aromatic heterocycles. The molecule has 1 aliphatic heterocycles. The molecule has 0 atom stereocenters. The van der Waals surface area contributed by atoms with E-state index in [2.05, 4.69) is 62.3 Å². The predicted octanol–water partition coefficient (Wildman–Crippen LogP) is 2.69. The Labute approximate surface area is 182 Å². The van der Waals surface area contributed by atoms with Crippen LogP contribution in [0.2, 0.25) is 0 Å². The maximum absolute atomic E-state index is 12.3. The van der Waals surface area contributed by atoms with Crippen LogP contribution < -0.4 is 10.2 Å². The molecular formula is C23H28N6O2. The van der Waals surface area contributed by atoms with E-state index >= 15 is 0 Å². The molecule has 0 saturated carbocycles. The van der Waals surface area contributed by atoms with E-state index in [9.17, 15) is 4.79 Å². The second-order valence-corrected chi connectivity index (χ2v) is 7.88. The van der Waals surface area contributed by atoms with E-state index in [0.29, 0.717) is 18.0 Å². The molecule has 8 nitrogen and oxygen atoms in total. The zero-order valence-electron chi connectivity index (χ0n) is 18.0. The lowest BCUT2D eigenvalue weighted by atomic mass is 10.1. The number of nitrogens with one attached hydrogen (secondary N) is 1. The second kappa shape index (κ2) is 9.70. The van der Waals surface area contributed by atoms with Crippen molar-refractivity contribution in [2.75, 3.05) is 44.2 Å². The first kappa shape index (κ1) is 21.0. The standard InChI is InChI=1S/C23H28N6O2/c1-17-6-7-20(18(2)15-17)29-13-11-28(12-14-29)10-4-9-25-21(30)23-27-26-22(31-23)19-5-3-8-24-16-19/h3,5-8,15-16H,4,9-14H2,1-2H3,(H,25,30). The van der Waals surface area contributed by atoms with Gasteiger partial charge in [-0.05, 0) is 50.6 Å². The van der Waals surface area contributed by atoms with E-state index in [0.717, 1.165) is 39.1 Å². The van der Waals surface area contributed by atoms with Gasteiger partial charge >= 0.3 is 11.8 Å². The summed E-state index contributed by atoms with van der Waals surface area (Å²) in [7, 11) is 0. The molecule has 31 heavy (non-hydrogen) atoms. The number of pyridine rings is 1. The van der Waals surface area contributed by atoms with Crippen molar-refractivity contribution in [2.24, 2.45) is 0 Å². The maximum Gasteiger partial charge on any atom is 0.308 e. The summed E-state index contributed by atoms with van der Waals surface area (Å²) in [5.41, 5.74) is 4.66. The van der Waals surface area contributed by atoms with Crippen molar-refractivity contribution in [1.29, 1.82) is 0 Å². The number of carbonyl (C=O) groups excluding carboxylic acids is 1. The number of carbonyl (C=O) groups is 1. The molecule has 3 heterocycles. The van der Waals surface area contributed by atoms with Gasteiger partial charge in [-0.15, -0.1) is 10.2 Å². The van der Waals surface area contributed by atoms with E-state index in [1.165, 1.54) is 16.8 Å². The van der Waals surface area contributed by atoms with Crippen molar-refractivity contribution in [2.45, 2.75) is 20.3 Å². The summed E-state index contributed by atoms with van der Waals surface area (Å²) in [5.74, 6) is -0.0804. The minimum Gasteiger partial charge on any atom is -0.412 e. The lowest BCUT2D eigenvalue weighted by molar-refractivity contribution is 0.0917. The summed E-state index contributed by atoms with van der Waals surface area (Å²) >= 11 is 0. The van der Waals surface area contributed by atoms with Gasteiger partial charge < -0.3 is 14.6 Å². The van der Waals surface area contributed by atoms with E-state index in [1.807, 2.05) is 6.07 Å². The zero-order chi connectivity index (χ0) is 21.6. The van der Waals surface area contributed by atoms with E-state index in [-0.39, 0.29) is 11.8 Å². The van der Waals surface area contributed by atoms with Gasteiger partial charge in [-0.2, -0.15) is 0 Å². The van der Waals surface area contributed by atoms with Gasteiger partial charge in [-0.3, -0.25) is 14.7 Å². The van der Waals surface area contributed by atoms with Gasteiger partial charge in [-0.1, -0.05) is 17.7 Å². The van der Waals surface area contributed by atoms with E-state index in [1.54, 1.807) is 18.5 Å². The number of hydrogen-bond acceptors (Lipinski definition) is 7. The van der Waals surface area contributed by atoms with Crippen LogP contribution in [0.3, 0.4) is 0 Å². The van der Waals surface area contributed by atoms with Gasteiger partial charge in [0.2, 0.25) is 5.89 Å². The zero-order valence-corrected chi connectivity index (χ0v) is 18.0. The van der Waals surface area contributed by atoms with Crippen molar-refractivity contribution >= 4 is 11.6 Å². The molecule has 1 aromatic carbocycles. The van der Waals surface area contributed by atoms with Crippen LogP contribution in [0.1, 0.15) is 28.2 Å². The van der Waals surface area contributed by atoms with Crippen LogP contribution in [-0.2, 0) is 0 Å². The van der Waals surface area contributed by atoms with Crippen molar-refractivity contribution in [3.63, 3.8) is 0 Å². The van der Waals surface area contributed by atoms with Crippen molar-refractivity contribution in [1.82, 2.24) is 25.4 Å². The average molecular weight is 421 g/mol. The maximum atomic E-state index is 12.3. The lowest BCUT2D eigenvalue weighted by Crippen LogP contribution is -2.47. The van der Waals surface area contributed by atoms with E-state index in [4.69, 9.17) is 4.42 Å². The SMILES string of the molecule is Cc1ccc(N2CCN(CCCNC(=O)c3nnc(-c4cccnc4)o3)CC2)c(C)c1. The Balaban J connectivity index is 1.18. The van der Waals surface area contributed by atoms with Gasteiger partial charge in [0, 0.05) is 50.8 Å². The topological polar surface area (TPSA) is 87.4 Å². The molecule has 1 aliphatic rings. The van der Waals surface area contributed by atoms with Gasteiger partial charge in [-0.25, -0.2) is 0 Å². The van der Waals surface area contributed by atoms with Crippen LogP contribution in [0.5, 0.6) is 0 Å². The fraction of sp³-hybridized carbons (Fsp3) is 0.391. The highest BCUT2D eigenvalue weighted by molar-refractivity contribution is 5.89. The molecule has 4 rings (SSSR count). The number of aryl methyl sites for hydroxylation is 2. The third-order valence-corrected chi connectivity index (χ3v) is 5.53. The third-order valence-electron chi connectivity index (χ3n) is 5.53. The molecule has 1 fully saturated rings. The van der Waals surface area contributed by atoms with Gasteiger partial charge in [0.15, 0.2) is 0 Å². The third kappa shape index (κ3) is 5.27. The molecule has 3 aromatic rings. The summed E-state index contributed by atoms with van der Waals surface area (Å²) in [4.78, 5) is 21.2. The largest absolute Gasteiger partial charge is 0.412 e. The van der Waals surface area contributed by atoms with Crippen LogP contribution in [-0.4, -0.2) is 65.3 Å². The second-order valence-electron chi connectivity index (χ2n) is 7.88. The minimum atomic E-state index is -0.345. The molecule has 8 heteroatoms. The van der Waals surface area contributed by atoms with Crippen LogP contribution >= 0.6 is 0 Å². The number of hydrogen-bond donors (Lipinski definition) is 1. The molecule has 0 bridgehead atoms. The lowest BCUT2D eigenvalue weighted by Gasteiger charge is -2.37. The number of rotatable bonds is 7. The minimum absolute atomic E-state index is 0.0269. The molecule has 0 spiro atoms. The predicted molar refractivity (Wildman–Crippen MR) is 119 cm³/mol. The average Bonchev–Trinajstić information content (AvgIpc) is 3.28. The monoisotopic (exact) mass is 420 g/mol. The highest BCUT2D eigenvalue weighted by atomic mass is 16.4. The molecule has 162 valence electrons. The fourth-order valence-electron chi connectivity index (χ4n) is 3.87. The summed E-state index contributed by atoms with van der Waals surface area (Å²) in [6, 6.07) is 10.2. The van der Waals surface area contributed by atoms with Gasteiger partial charge in [0.1, 0.15) is 0 Å². The Morgan fingerprint density at radius 2 is 1.97 bits per heavy atom. The summed E-state index contributed by atoms with van der Waals surface area (Å²) in [6.07, 6.45) is 4.16. The molecular weight excluding hydrogens is 392 g/mol. The first-order chi connectivity index (χ1) is 15.1. The Bertz CT molecular complexity index is 1010. The highest BCUT2D eigenvalue weighted by Gasteiger charge is 2.19. The first-order valence-electron chi connectivity index (χ1n) is 10.7. The Morgan fingerprint density at radius 3 is 2.71 bits per heavy atom. The Hall–Kier alpha value is -3.26. The number of anilines is 1. The summed E-state index contributed by atoms with van der Waals surface area (Å²) in [6.45, 7) is 9.93. The van der Waals surface area contributed by atoms with Gasteiger partial charge in [0.25, 0.3) is 0 Å². The highest BCUT2D eigenvalue weighted by Crippen LogP contribution is 2.22. The molecule has 0 radical (unpaired) electrons. The normalized spacial score (nSPS) is 14.6. The Kier molecular flexibility index (Phi) is 6.57.